The van der Waals surface area contributed by atoms with Gasteiger partial charge in [0, 0.05) is 18.3 Å². The van der Waals surface area contributed by atoms with Gasteiger partial charge in [-0.2, -0.15) is 0 Å². The fourth-order valence-electron chi connectivity index (χ4n) is 6.91. The van der Waals surface area contributed by atoms with Crippen molar-refractivity contribution < 1.29 is 14.7 Å². The first kappa shape index (κ1) is 14.9. The lowest BCUT2D eigenvalue weighted by atomic mass is 9.45. The first-order valence-corrected chi connectivity index (χ1v) is 9.12. The number of aliphatic hydroxyl groups excluding tert-OH is 1. The highest BCUT2D eigenvalue weighted by molar-refractivity contribution is 5.87. The Morgan fingerprint density at radius 1 is 0.909 bits per heavy atom. The molecule has 4 aliphatic rings. The van der Waals surface area contributed by atoms with Gasteiger partial charge in [0.05, 0.1) is 0 Å². The Morgan fingerprint density at radius 2 is 1.68 bits per heavy atom. The Labute approximate surface area is 132 Å². The quantitative estimate of drug-likeness (QED) is 0.748. The largest absolute Gasteiger partial charge is 0.385 e. The van der Waals surface area contributed by atoms with Gasteiger partial charge in [-0.3, -0.25) is 9.59 Å². The molecule has 0 saturated heterocycles. The van der Waals surface area contributed by atoms with Crippen molar-refractivity contribution in [2.24, 2.45) is 34.5 Å². The molecule has 0 aromatic rings. The molecule has 7 atom stereocenters. The summed E-state index contributed by atoms with van der Waals surface area (Å²) in [6, 6.07) is 0. The van der Waals surface area contributed by atoms with Gasteiger partial charge in [0.15, 0.2) is 5.78 Å². The van der Waals surface area contributed by atoms with Crippen molar-refractivity contribution >= 4 is 11.6 Å². The van der Waals surface area contributed by atoms with Crippen LogP contribution >= 0.6 is 0 Å². The number of hydrogen-bond acceptors (Lipinski definition) is 3. The minimum atomic E-state index is -0.738. The molecule has 4 aliphatic carbocycles. The van der Waals surface area contributed by atoms with Crippen molar-refractivity contribution in [1.29, 1.82) is 0 Å². The summed E-state index contributed by atoms with van der Waals surface area (Å²) in [5.41, 5.74) is 0.0245. The summed E-state index contributed by atoms with van der Waals surface area (Å²) >= 11 is 0. The second kappa shape index (κ2) is 4.66. The normalized spacial score (nSPS) is 54.6. The molecule has 0 aliphatic heterocycles. The molecule has 0 aromatic heterocycles. The van der Waals surface area contributed by atoms with Crippen molar-refractivity contribution in [2.75, 3.05) is 0 Å². The number of ketones is 2. The van der Waals surface area contributed by atoms with Gasteiger partial charge in [-0.15, -0.1) is 0 Å². The molecule has 3 nitrogen and oxygen atoms in total. The maximum atomic E-state index is 12.4. The van der Waals surface area contributed by atoms with Crippen LogP contribution in [-0.4, -0.2) is 22.8 Å². The van der Waals surface area contributed by atoms with E-state index in [9.17, 15) is 14.7 Å². The van der Waals surface area contributed by atoms with Gasteiger partial charge in [0.25, 0.3) is 0 Å². The van der Waals surface area contributed by atoms with Gasteiger partial charge in [0.2, 0.25) is 0 Å². The van der Waals surface area contributed by atoms with E-state index in [-0.39, 0.29) is 22.5 Å². The standard InChI is InChI=1S/C19H28O3/c1-18-10-8-15(20)17(22)14(18)4-3-11-12-5-6-16(21)19(12,2)9-7-13(11)18/h11-14,17,22H,3-10H2,1-2H3. The predicted octanol–water partition coefficient (Wildman–Crippen LogP) is 3.14. The lowest BCUT2D eigenvalue weighted by molar-refractivity contribution is -0.162. The Balaban J connectivity index is 1.67. The second-order valence-electron chi connectivity index (χ2n) is 8.90. The molecule has 22 heavy (non-hydrogen) atoms. The van der Waals surface area contributed by atoms with E-state index in [0.29, 0.717) is 30.0 Å². The van der Waals surface area contributed by atoms with E-state index in [1.165, 1.54) is 0 Å². The summed E-state index contributed by atoms with van der Waals surface area (Å²) in [6.45, 7) is 4.53. The van der Waals surface area contributed by atoms with Gasteiger partial charge in [0.1, 0.15) is 11.9 Å². The van der Waals surface area contributed by atoms with E-state index < -0.39 is 6.10 Å². The van der Waals surface area contributed by atoms with Crippen LogP contribution in [0.5, 0.6) is 0 Å². The maximum Gasteiger partial charge on any atom is 0.161 e. The minimum Gasteiger partial charge on any atom is -0.385 e. The highest BCUT2D eigenvalue weighted by atomic mass is 16.3. The summed E-state index contributed by atoms with van der Waals surface area (Å²) in [7, 11) is 0. The smallest absolute Gasteiger partial charge is 0.161 e. The Morgan fingerprint density at radius 3 is 2.45 bits per heavy atom. The third-order valence-corrected chi connectivity index (χ3v) is 8.27. The molecule has 122 valence electrons. The summed E-state index contributed by atoms with van der Waals surface area (Å²) in [4.78, 5) is 24.3. The molecule has 4 saturated carbocycles. The molecule has 7 unspecified atom stereocenters. The first-order chi connectivity index (χ1) is 10.4. The van der Waals surface area contributed by atoms with Crippen molar-refractivity contribution in [1.82, 2.24) is 0 Å². The lowest BCUT2D eigenvalue weighted by Gasteiger charge is -2.60. The topological polar surface area (TPSA) is 54.4 Å². The molecule has 0 heterocycles. The van der Waals surface area contributed by atoms with Crippen LogP contribution in [-0.2, 0) is 9.59 Å². The van der Waals surface area contributed by atoms with E-state index in [1.807, 2.05) is 0 Å². The fraction of sp³-hybridized carbons (Fsp3) is 0.895. The zero-order chi connectivity index (χ0) is 15.7. The molecule has 3 heteroatoms. The molecule has 0 amide bonds. The predicted molar refractivity (Wildman–Crippen MR) is 83.1 cm³/mol. The minimum absolute atomic E-state index is 0.0533. The van der Waals surface area contributed by atoms with E-state index in [2.05, 4.69) is 13.8 Å². The lowest BCUT2D eigenvalue weighted by Crippen LogP contribution is -2.57. The van der Waals surface area contributed by atoms with Gasteiger partial charge < -0.3 is 5.11 Å². The van der Waals surface area contributed by atoms with Crippen molar-refractivity contribution in [3.63, 3.8) is 0 Å². The molecule has 1 N–H and O–H groups in total. The number of rotatable bonds is 0. The molecule has 0 aromatic carbocycles. The number of aliphatic hydroxyl groups is 1. The maximum absolute atomic E-state index is 12.4. The summed E-state index contributed by atoms with van der Waals surface area (Å²) in [5, 5.41) is 10.4. The van der Waals surface area contributed by atoms with Gasteiger partial charge in [-0.1, -0.05) is 13.8 Å². The molecular formula is C19H28O3. The van der Waals surface area contributed by atoms with Crippen molar-refractivity contribution in [3.05, 3.63) is 0 Å². The van der Waals surface area contributed by atoms with Crippen LogP contribution in [0.2, 0.25) is 0 Å². The SMILES string of the molecule is CC12CCC3C(CCC4C(O)C(=O)CCC43C)C1CCC2=O. The second-order valence-corrected chi connectivity index (χ2v) is 8.90. The van der Waals surface area contributed by atoms with Gasteiger partial charge >= 0.3 is 0 Å². The molecule has 4 fully saturated rings. The zero-order valence-electron chi connectivity index (χ0n) is 13.8. The highest BCUT2D eigenvalue weighted by Gasteiger charge is 2.61. The van der Waals surface area contributed by atoms with Crippen molar-refractivity contribution in [2.45, 2.75) is 71.3 Å². The highest BCUT2D eigenvalue weighted by Crippen LogP contribution is 2.65. The van der Waals surface area contributed by atoms with Crippen molar-refractivity contribution in [3.8, 4) is 0 Å². The monoisotopic (exact) mass is 304 g/mol. The molecular weight excluding hydrogens is 276 g/mol. The van der Waals surface area contributed by atoms with Crippen LogP contribution in [0.3, 0.4) is 0 Å². The first-order valence-electron chi connectivity index (χ1n) is 9.12. The van der Waals surface area contributed by atoms with Gasteiger partial charge in [-0.25, -0.2) is 0 Å². The Hall–Kier alpha value is -0.700. The fourth-order valence-corrected chi connectivity index (χ4v) is 6.91. The van der Waals surface area contributed by atoms with Crippen LogP contribution in [0.15, 0.2) is 0 Å². The molecule has 4 rings (SSSR count). The van der Waals surface area contributed by atoms with E-state index >= 15 is 0 Å². The van der Waals surface area contributed by atoms with Crippen LogP contribution in [0.4, 0.5) is 0 Å². The zero-order valence-corrected chi connectivity index (χ0v) is 13.8. The van der Waals surface area contributed by atoms with Crippen LogP contribution in [0.25, 0.3) is 0 Å². The molecule has 0 spiro atoms. The summed E-state index contributed by atoms with van der Waals surface area (Å²) < 4.78 is 0. The van der Waals surface area contributed by atoms with E-state index in [1.54, 1.807) is 0 Å². The number of carbonyl (C=O) groups excluding carboxylic acids is 2. The molecule has 0 radical (unpaired) electrons. The number of hydrogen-bond donors (Lipinski definition) is 1. The Bertz CT molecular complexity index is 527. The third kappa shape index (κ3) is 1.72. The van der Waals surface area contributed by atoms with Crippen LogP contribution in [0, 0.1) is 34.5 Å². The number of carbonyl (C=O) groups is 2. The number of fused-ring (bicyclic) bond motifs is 5. The van der Waals surface area contributed by atoms with Crippen LogP contribution < -0.4 is 0 Å². The average molecular weight is 304 g/mol. The average Bonchev–Trinajstić information content (AvgIpc) is 2.79. The number of Topliss-reactive ketones (excluding diaryl/α,β-unsaturated/α-hetero) is 2. The van der Waals surface area contributed by atoms with E-state index in [0.717, 1.165) is 44.9 Å². The summed E-state index contributed by atoms with van der Waals surface area (Å²) in [5.74, 6) is 2.47. The third-order valence-electron chi connectivity index (χ3n) is 8.27. The Kier molecular flexibility index (Phi) is 3.15. The van der Waals surface area contributed by atoms with Gasteiger partial charge in [-0.05, 0) is 67.6 Å². The van der Waals surface area contributed by atoms with Crippen LogP contribution in [0.1, 0.15) is 65.2 Å². The molecule has 0 bridgehead atoms. The van der Waals surface area contributed by atoms with E-state index in [4.69, 9.17) is 0 Å². The summed E-state index contributed by atoms with van der Waals surface area (Å²) in [6.07, 6.45) is 6.77.